The number of alkyl carbamates (subject to hydrolysis) is 1. The van der Waals surface area contributed by atoms with Crippen molar-refractivity contribution in [2.75, 3.05) is 6.54 Å². The van der Waals surface area contributed by atoms with Gasteiger partial charge >= 0.3 is 6.09 Å². The molecule has 0 spiro atoms. The standard InChI is InChI=1S/C25H25FN4O2/c1-25(2,3)32-24(31)29-15-16-30-20-5-4-12-28-22(20)21(17-6-8-19(26)9-7-17)23(30)18-10-13-27-14-11-18/h4-14H,15-16H2,1-3H3,(H,29,31). The summed E-state index contributed by atoms with van der Waals surface area (Å²) >= 11 is 0. The van der Waals surface area contributed by atoms with Crippen LogP contribution in [0.5, 0.6) is 0 Å². The summed E-state index contributed by atoms with van der Waals surface area (Å²) in [6.45, 7) is 6.35. The Morgan fingerprint density at radius 1 is 1.03 bits per heavy atom. The van der Waals surface area contributed by atoms with Crippen LogP contribution in [-0.4, -0.2) is 32.8 Å². The minimum Gasteiger partial charge on any atom is -0.444 e. The van der Waals surface area contributed by atoms with Crippen LogP contribution in [0.15, 0.2) is 67.1 Å². The average Bonchev–Trinajstić information content (AvgIpc) is 3.08. The first kappa shape index (κ1) is 21.5. The maximum Gasteiger partial charge on any atom is 0.407 e. The Bertz CT molecular complexity index is 1230. The maximum absolute atomic E-state index is 13.6. The normalized spacial score (nSPS) is 11.5. The third-order valence-corrected chi connectivity index (χ3v) is 4.91. The molecule has 164 valence electrons. The number of nitrogens with zero attached hydrogens (tertiary/aromatic N) is 3. The lowest BCUT2D eigenvalue weighted by Gasteiger charge is -2.20. The minimum absolute atomic E-state index is 0.294. The summed E-state index contributed by atoms with van der Waals surface area (Å²) in [7, 11) is 0. The Hall–Kier alpha value is -3.74. The molecule has 32 heavy (non-hydrogen) atoms. The molecule has 7 heteroatoms. The minimum atomic E-state index is -0.563. The molecule has 0 bridgehead atoms. The van der Waals surface area contributed by atoms with Gasteiger partial charge in [-0.25, -0.2) is 9.18 Å². The Morgan fingerprint density at radius 3 is 2.44 bits per heavy atom. The number of fused-ring (bicyclic) bond motifs is 1. The van der Waals surface area contributed by atoms with E-state index in [9.17, 15) is 9.18 Å². The molecule has 0 saturated carbocycles. The topological polar surface area (TPSA) is 69.0 Å². The molecule has 0 radical (unpaired) electrons. The van der Waals surface area contributed by atoms with Gasteiger partial charge in [-0.3, -0.25) is 9.97 Å². The number of carbonyl (C=O) groups is 1. The van der Waals surface area contributed by atoms with Gasteiger partial charge in [-0.2, -0.15) is 0 Å². The largest absolute Gasteiger partial charge is 0.444 e. The zero-order valence-electron chi connectivity index (χ0n) is 18.3. The second-order valence-corrected chi connectivity index (χ2v) is 8.42. The molecule has 3 heterocycles. The summed E-state index contributed by atoms with van der Waals surface area (Å²) in [4.78, 5) is 20.9. The van der Waals surface area contributed by atoms with Crippen molar-refractivity contribution >= 4 is 17.1 Å². The van der Waals surface area contributed by atoms with Gasteiger partial charge in [0.15, 0.2) is 0 Å². The number of benzene rings is 1. The van der Waals surface area contributed by atoms with Crippen molar-refractivity contribution in [1.29, 1.82) is 0 Å². The van der Waals surface area contributed by atoms with Crippen LogP contribution in [0.1, 0.15) is 20.8 Å². The zero-order valence-corrected chi connectivity index (χ0v) is 18.3. The molecule has 4 aromatic rings. The third kappa shape index (κ3) is 4.61. The zero-order chi connectivity index (χ0) is 22.7. The van der Waals surface area contributed by atoms with Gasteiger partial charge in [-0.15, -0.1) is 0 Å². The molecule has 0 unspecified atom stereocenters. The van der Waals surface area contributed by atoms with E-state index in [0.29, 0.717) is 13.1 Å². The number of hydrogen-bond donors (Lipinski definition) is 1. The van der Waals surface area contributed by atoms with Gasteiger partial charge in [0.25, 0.3) is 0 Å². The first-order valence-electron chi connectivity index (χ1n) is 10.4. The monoisotopic (exact) mass is 432 g/mol. The van der Waals surface area contributed by atoms with Crippen molar-refractivity contribution in [3.05, 3.63) is 72.9 Å². The summed E-state index contributed by atoms with van der Waals surface area (Å²) in [5.41, 5.74) is 4.82. The first-order valence-corrected chi connectivity index (χ1v) is 10.4. The number of aromatic nitrogens is 3. The van der Waals surface area contributed by atoms with Crippen LogP contribution < -0.4 is 5.32 Å². The average molecular weight is 432 g/mol. The molecule has 4 rings (SSSR count). The lowest BCUT2D eigenvalue weighted by Crippen LogP contribution is -2.34. The summed E-state index contributed by atoms with van der Waals surface area (Å²) in [5, 5.41) is 2.82. The molecule has 0 saturated heterocycles. The van der Waals surface area contributed by atoms with Gasteiger partial charge in [0, 0.05) is 42.8 Å². The SMILES string of the molecule is CC(C)(C)OC(=O)NCCn1c(-c2ccncc2)c(-c2ccc(F)cc2)c2ncccc21. The summed E-state index contributed by atoms with van der Waals surface area (Å²) < 4.78 is 21.1. The van der Waals surface area contributed by atoms with Gasteiger partial charge in [-0.05, 0) is 62.7 Å². The van der Waals surface area contributed by atoms with E-state index in [-0.39, 0.29) is 5.82 Å². The number of hydrogen-bond acceptors (Lipinski definition) is 4. The molecule has 1 aromatic carbocycles. The highest BCUT2D eigenvalue weighted by Crippen LogP contribution is 2.39. The lowest BCUT2D eigenvalue weighted by atomic mass is 10.0. The molecule has 0 aliphatic heterocycles. The van der Waals surface area contributed by atoms with E-state index in [1.807, 2.05) is 45.0 Å². The molecule has 1 amide bonds. The van der Waals surface area contributed by atoms with Crippen LogP contribution in [0.3, 0.4) is 0 Å². The fourth-order valence-electron chi connectivity index (χ4n) is 3.69. The van der Waals surface area contributed by atoms with Crippen LogP contribution in [0.25, 0.3) is 33.4 Å². The highest BCUT2D eigenvalue weighted by atomic mass is 19.1. The van der Waals surface area contributed by atoms with E-state index in [1.54, 1.807) is 30.7 Å². The van der Waals surface area contributed by atoms with E-state index in [2.05, 4.69) is 19.9 Å². The molecule has 6 nitrogen and oxygen atoms in total. The van der Waals surface area contributed by atoms with Gasteiger partial charge in [0.2, 0.25) is 0 Å². The van der Waals surface area contributed by atoms with Crippen molar-refractivity contribution in [2.24, 2.45) is 0 Å². The third-order valence-electron chi connectivity index (χ3n) is 4.91. The van der Waals surface area contributed by atoms with Crippen LogP contribution >= 0.6 is 0 Å². The Kier molecular flexibility index (Phi) is 5.90. The van der Waals surface area contributed by atoms with E-state index in [1.165, 1.54) is 12.1 Å². The smallest absolute Gasteiger partial charge is 0.407 e. The van der Waals surface area contributed by atoms with Gasteiger partial charge in [-0.1, -0.05) is 12.1 Å². The number of pyridine rings is 2. The van der Waals surface area contributed by atoms with E-state index in [4.69, 9.17) is 4.74 Å². The molecule has 0 aliphatic carbocycles. The second kappa shape index (κ2) is 8.78. The highest BCUT2D eigenvalue weighted by molar-refractivity contribution is 6.02. The van der Waals surface area contributed by atoms with Crippen LogP contribution in [-0.2, 0) is 11.3 Å². The van der Waals surface area contributed by atoms with E-state index < -0.39 is 11.7 Å². The number of halogens is 1. The molecule has 3 aromatic heterocycles. The van der Waals surface area contributed by atoms with Gasteiger partial charge in [0.05, 0.1) is 16.7 Å². The van der Waals surface area contributed by atoms with Crippen LogP contribution in [0.2, 0.25) is 0 Å². The van der Waals surface area contributed by atoms with Crippen molar-refractivity contribution in [3.63, 3.8) is 0 Å². The predicted octanol–water partition coefficient (Wildman–Crippen LogP) is 5.43. The molecule has 1 N–H and O–H groups in total. The predicted molar refractivity (Wildman–Crippen MR) is 123 cm³/mol. The molecular formula is C25H25FN4O2. The molecule has 0 fully saturated rings. The van der Waals surface area contributed by atoms with Crippen molar-refractivity contribution in [3.8, 4) is 22.4 Å². The highest BCUT2D eigenvalue weighted by Gasteiger charge is 2.21. The number of ether oxygens (including phenoxy) is 1. The van der Waals surface area contributed by atoms with Crippen molar-refractivity contribution in [2.45, 2.75) is 32.9 Å². The fourth-order valence-corrected chi connectivity index (χ4v) is 3.69. The van der Waals surface area contributed by atoms with Crippen molar-refractivity contribution in [1.82, 2.24) is 19.9 Å². The Balaban J connectivity index is 1.80. The van der Waals surface area contributed by atoms with Crippen molar-refractivity contribution < 1.29 is 13.9 Å². The number of carbonyl (C=O) groups excluding carboxylic acids is 1. The van der Waals surface area contributed by atoms with Gasteiger partial charge < -0.3 is 14.6 Å². The van der Waals surface area contributed by atoms with Crippen LogP contribution in [0, 0.1) is 5.82 Å². The number of rotatable bonds is 5. The Labute approximate surface area is 186 Å². The fraction of sp³-hybridized carbons (Fsp3) is 0.240. The summed E-state index contributed by atoms with van der Waals surface area (Å²) in [5.74, 6) is -0.294. The second-order valence-electron chi connectivity index (χ2n) is 8.42. The van der Waals surface area contributed by atoms with E-state index >= 15 is 0 Å². The number of nitrogens with one attached hydrogen (secondary N) is 1. The molecule has 0 aliphatic rings. The number of amides is 1. The van der Waals surface area contributed by atoms with Gasteiger partial charge in [0.1, 0.15) is 11.4 Å². The summed E-state index contributed by atoms with van der Waals surface area (Å²) in [6, 6.07) is 14.1. The first-order chi connectivity index (χ1) is 15.3. The van der Waals surface area contributed by atoms with E-state index in [0.717, 1.165) is 33.4 Å². The lowest BCUT2D eigenvalue weighted by molar-refractivity contribution is 0.0526. The molecule has 0 atom stereocenters. The quantitative estimate of drug-likeness (QED) is 0.457. The Morgan fingerprint density at radius 2 is 1.75 bits per heavy atom. The summed E-state index contributed by atoms with van der Waals surface area (Å²) in [6.07, 6.45) is 4.75. The van der Waals surface area contributed by atoms with Crippen LogP contribution in [0.4, 0.5) is 9.18 Å². The maximum atomic E-state index is 13.6. The molecular weight excluding hydrogens is 407 g/mol.